The number of rotatable bonds is 9. The van der Waals surface area contributed by atoms with Crippen LogP contribution in [0.5, 0.6) is 0 Å². The second-order valence-corrected chi connectivity index (χ2v) is 5.23. The lowest BCUT2D eigenvalue weighted by Gasteiger charge is -2.27. The molecule has 0 spiro atoms. The highest BCUT2D eigenvalue weighted by Gasteiger charge is 2.18. The van der Waals surface area contributed by atoms with E-state index in [1.807, 2.05) is 0 Å². The van der Waals surface area contributed by atoms with Crippen LogP contribution in [0.1, 0.15) is 79.6 Å². The van der Waals surface area contributed by atoms with Gasteiger partial charge in [0.2, 0.25) is 0 Å². The van der Waals surface area contributed by atoms with Gasteiger partial charge in [0.1, 0.15) is 0 Å². The Hall–Kier alpha value is 0. The van der Waals surface area contributed by atoms with Crippen LogP contribution < -0.4 is 0 Å². The van der Waals surface area contributed by atoms with Gasteiger partial charge < -0.3 is 0 Å². The van der Waals surface area contributed by atoms with Crippen molar-refractivity contribution in [3.05, 3.63) is 0 Å². The van der Waals surface area contributed by atoms with Crippen molar-refractivity contribution in [2.75, 3.05) is 0 Å². The monoisotopic (exact) mass is 212 g/mol. The van der Waals surface area contributed by atoms with Crippen LogP contribution in [0.3, 0.4) is 0 Å². The summed E-state index contributed by atoms with van der Waals surface area (Å²) in [7, 11) is 0. The molecule has 0 saturated heterocycles. The van der Waals surface area contributed by atoms with Crippen molar-refractivity contribution >= 4 is 0 Å². The zero-order valence-electron chi connectivity index (χ0n) is 11.7. The molecule has 0 N–H and O–H groups in total. The van der Waals surface area contributed by atoms with Gasteiger partial charge in [-0.1, -0.05) is 73.1 Å². The summed E-state index contributed by atoms with van der Waals surface area (Å²) in [6, 6.07) is 0. The first-order valence-corrected chi connectivity index (χ1v) is 7.19. The van der Waals surface area contributed by atoms with Crippen molar-refractivity contribution in [2.24, 2.45) is 17.8 Å². The van der Waals surface area contributed by atoms with Crippen molar-refractivity contribution in [3.8, 4) is 0 Å². The summed E-state index contributed by atoms with van der Waals surface area (Å²) in [5.74, 6) is 2.90. The van der Waals surface area contributed by atoms with Crippen LogP contribution in [0.25, 0.3) is 0 Å². The summed E-state index contributed by atoms with van der Waals surface area (Å²) in [6.07, 6.45) is 9.79. The van der Waals surface area contributed by atoms with Gasteiger partial charge in [0.15, 0.2) is 0 Å². The molecule has 0 aliphatic heterocycles. The Morgan fingerprint density at radius 2 is 1.33 bits per heavy atom. The predicted molar refractivity (Wildman–Crippen MR) is 71.2 cm³/mol. The third-order valence-corrected chi connectivity index (χ3v) is 4.00. The molecule has 0 amide bonds. The van der Waals surface area contributed by atoms with Gasteiger partial charge in [0.25, 0.3) is 0 Å². The van der Waals surface area contributed by atoms with Crippen molar-refractivity contribution in [1.82, 2.24) is 0 Å². The first kappa shape index (κ1) is 15.0. The fourth-order valence-corrected chi connectivity index (χ4v) is 2.75. The van der Waals surface area contributed by atoms with Crippen LogP contribution in [-0.4, -0.2) is 0 Å². The maximum Gasteiger partial charge on any atom is -0.0386 e. The third kappa shape index (κ3) is 6.22. The predicted octanol–water partition coefficient (Wildman–Crippen LogP) is 5.67. The van der Waals surface area contributed by atoms with Gasteiger partial charge >= 0.3 is 0 Å². The van der Waals surface area contributed by atoms with Gasteiger partial charge in [0, 0.05) is 0 Å². The normalized spacial score (nSPS) is 15.6. The lowest BCUT2D eigenvalue weighted by atomic mass is 9.79. The SMILES string of the molecule is CCCC(C)C(CCC)CC(CC)CC. The standard InChI is InChI=1S/C15H32/c1-6-10-13(5)15(11-7-2)12-14(8-3)9-4/h13-15H,6-12H2,1-5H3. The summed E-state index contributed by atoms with van der Waals surface area (Å²) in [4.78, 5) is 0. The van der Waals surface area contributed by atoms with E-state index in [-0.39, 0.29) is 0 Å². The lowest BCUT2D eigenvalue weighted by molar-refractivity contribution is 0.244. The van der Waals surface area contributed by atoms with E-state index in [0.29, 0.717) is 0 Å². The minimum Gasteiger partial charge on any atom is -0.0654 e. The zero-order valence-corrected chi connectivity index (χ0v) is 11.7. The van der Waals surface area contributed by atoms with E-state index < -0.39 is 0 Å². The van der Waals surface area contributed by atoms with Crippen LogP contribution >= 0.6 is 0 Å². The summed E-state index contributed by atoms with van der Waals surface area (Å²) in [5, 5.41) is 0. The van der Waals surface area contributed by atoms with Crippen LogP contribution in [0.4, 0.5) is 0 Å². The van der Waals surface area contributed by atoms with E-state index in [1.54, 1.807) is 0 Å². The summed E-state index contributed by atoms with van der Waals surface area (Å²) < 4.78 is 0. The third-order valence-electron chi connectivity index (χ3n) is 4.00. The van der Waals surface area contributed by atoms with E-state index in [0.717, 1.165) is 17.8 Å². The van der Waals surface area contributed by atoms with Gasteiger partial charge in [-0.15, -0.1) is 0 Å². The Morgan fingerprint density at radius 1 is 0.800 bits per heavy atom. The smallest absolute Gasteiger partial charge is 0.0386 e. The summed E-state index contributed by atoms with van der Waals surface area (Å²) >= 11 is 0. The number of hydrogen-bond acceptors (Lipinski definition) is 0. The van der Waals surface area contributed by atoms with Gasteiger partial charge in [-0.2, -0.15) is 0 Å². The van der Waals surface area contributed by atoms with Crippen molar-refractivity contribution in [1.29, 1.82) is 0 Å². The molecule has 0 fully saturated rings. The zero-order chi connectivity index (χ0) is 11.7. The highest BCUT2D eigenvalue weighted by Crippen LogP contribution is 2.30. The fraction of sp³-hybridized carbons (Fsp3) is 1.00. The Kier molecular flexibility index (Phi) is 9.24. The van der Waals surface area contributed by atoms with Gasteiger partial charge in [0.05, 0.1) is 0 Å². The molecule has 0 aliphatic carbocycles. The molecule has 15 heavy (non-hydrogen) atoms. The Balaban J connectivity index is 4.11. The molecule has 0 heteroatoms. The number of hydrogen-bond donors (Lipinski definition) is 0. The second-order valence-electron chi connectivity index (χ2n) is 5.23. The topological polar surface area (TPSA) is 0 Å². The van der Waals surface area contributed by atoms with E-state index >= 15 is 0 Å². The van der Waals surface area contributed by atoms with Crippen LogP contribution in [0, 0.1) is 17.8 Å². The Morgan fingerprint density at radius 3 is 1.73 bits per heavy atom. The maximum atomic E-state index is 2.46. The molecule has 0 nitrogen and oxygen atoms in total. The fourth-order valence-electron chi connectivity index (χ4n) is 2.75. The molecule has 2 unspecified atom stereocenters. The molecule has 0 radical (unpaired) electrons. The summed E-state index contributed by atoms with van der Waals surface area (Å²) in [6.45, 7) is 11.8. The quantitative estimate of drug-likeness (QED) is 0.462. The molecule has 0 heterocycles. The highest BCUT2D eigenvalue weighted by molar-refractivity contribution is 4.70. The molecular weight excluding hydrogens is 180 g/mol. The first-order chi connectivity index (χ1) is 7.19. The van der Waals surface area contributed by atoms with Crippen molar-refractivity contribution < 1.29 is 0 Å². The van der Waals surface area contributed by atoms with Gasteiger partial charge in [-0.3, -0.25) is 0 Å². The minimum absolute atomic E-state index is 0.940. The van der Waals surface area contributed by atoms with E-state index in [4.69, 9.17) is 0 Å². The van der Waals surface area contributed by atoms with E-state index in [2.05, 4.69) is 34.6 Å². The van der Waals surface area contributed by atoms with Gasteiger partial charge in [-0.05, 0) is 24.2 Å². The van der Waals surface area contributed by atoms with Crippen molar-refractivity contribution in [3.63, 3.8) is 0 Å². The highest BCUT2D eigenvalue weighted by atomic mass is 14.2. The molecule has 0 aliphatic rings. The molecule has 0 aromatic carbocycles. The second kappa shape index (κ2) is 9.24. The molecule has 0 saturated carbocycles. The van der Waals surface area contributed by atoms with Crippen molar-refractivity contribution in [2.45, 2.75) is 79.6 Å². The first-order valence-electron chi connectivity index (χ1n) is 7.19. The largest absolute Gasteiger partial charge is 0.0654 e. The Labute approximate surface area is 97.8 Å². The average molecular weight is 212 g/mol. The Bertz CT molecular complexity index is 124. The molecule has 2 atom stereocenters. The molecule has 0 bridgehead atoms. The van der Waals surface area contributed by atoms with Crippen LogP contribution in [0.2, 0.25) is 0 Å². The minimum atomic E-state index is 0.940. The molecular formula is C15H32. The van der Waals surface area contributed by atoms with Crippen LogP contribution in [-0.2, 0) is 0 Å². The van der Waals surface area contributed by atoms with Gasteiger partial charge in [-0.25, -0.2) is 0 Å². The molecule has 92 valence electrons. The maximum absolute atomic E-state index is 2.46. The lowest BCUT2D eigenvalue weighted by Crippen LogP contribution is -2.16. The molecule has 0 rings (SSSR count). The van der Waals surface area contributed by atoms with E-state index in [1.165, 1.54) is 44.9 Å². The molecule has 0 aromatic heterocycles. The molecule has 0 aromatic rings. The summed E-state index contributed by atoms with van der Waals surface area (Å²) in [5.41, 5.74) is 0. The van der Waals surface area contributed by atoms with E-state index in [9.17, 15) is 0 Å². The van der Waals surface area contributed by atoms with Crippen LogP contribution in [0.15, 0.2) is 0 Å². The average Bonchev–Trinajstić information content (AvgIpc) is 2.24.